The molecular formula is C11H20N2OS. The Balaban J connectivity index is 1.78. The zero-order valence-corrected chi connectivity index (χ0v) is 10.2. The van der Waals surface area contributed by atoms with Gasteiger partial charge in [0.25, 0.3) is 0 Å². The second-order valence-corrected chi connectivity index (χ2v) is 5.73. The lowest BCUT2D eigenvalue weighted by Crippen LogP contribution is -2.38. The highest BCUT2D eigenvalue weighted by Gasteiger charge is 2.26. The minimum Gasteiger partial charge on any atom is -0.342 e. The molecule has 2 atom stereocenters. The van der Waals surface area contributed by atoms with Crippen LogP contribution in [0.5, 0.6) is 0 Å². The Morgan fingerprint density at radius 1 is 1.53 bits per heavy atom. The number of hydrogen-bond acceptors (Lipinski definition) is 3. The highest BCUT2D eigenvalue weighted by molar-refractivity contribution is 7.99. The molecule has 2 heterocycles. The van der Waals surface area contributed by atoms with Crippen LogP contribution < -0.4 is 5.32 Å². The molecule has 0 spiro atoms. The molecule has 1 N–H and O–H groups in total. The van der Waals surface area contributed by atoms with Crippen molar-refractivity contribution in [1.82, 2.24) is 10.2 Å². The fourth-order valence-corrected chi connectivity index (χ4v) is 3.58. The molecule has 86 valence electrons. The molecule has 2 aliphatic heterocycles. The second kappa shape index (κ2) is 5.21. The summed E-state index contributed by atoms with van der Waals surface area (Å²) >= 11 is 1.96. The fourth-order valence-electron chi connectivity index (χ4n) is 2.31. The Kier molecular flexibility index (Phi) is 3.92. The summed E-state index contributed by atoms with van der Waals surface area (Å²) in [6.45, 7) is 2.11. The van der Waals surface area contributed by atoms with Gasteiger partial charge in [0.15, 0.2) is 0 Å². The van der Waals surface area contributed by atoms with Gasteiger partial charge < -0.3 is 10.2 Å². The molecule has 0 aliphatic carbocycles. The molecule has 4 heteroatoms. The number of nitrogens with zero attached hydrogens (tertiary/aromatic N) is 1. The lowest BCUT2D eigenvalue weighted by Gasteiger charge is -2.25. The first-order chi connectivity index (χ1) is 7.27. The smallest absolute Gasteiger partial charge is 0.222 e. The van der Waals surface area contributed by atoms with Crippen LogP contribution in [0, 0.1) is 5.92 Å². The summed E-state index contributed by atoms with van der Waals surface area (Å²) in [6.07, 6.45) is 3.08. The average Bonchev–Trinajstić information content (AvgIpc) is 2.88. The summed E-state index contributed by atoms with van der Waals surface area (Å²) < 4.78 is 0. The second-order valence-electron chi connectivity index (χ2n) is 4.59. The van der Waals surface area contributed by atoms with Crippen LogP contribution in [0.25, 0.3) is 0 Å². The van der Waals surface area contributed by atoms with Crippen LogP contribution in [0.3, 0.4) is 0 Å². The van der Waals surface area contributed by atoms with Gasteiger partial charge in [-0.2, -0.15) is 11.8 Å². The van der Waals surface area contributed by atoms with E-state index in [1.54, 1.807) is 0 Å². The van der Waals surface area contributed by atoms with Crippen molar-refractivity contribution in [3.63, 3.8) is 0 Å². The predicted molar refractivity (Wildman–Crippen MR) is 64.1 cm³/mol. The Morgan fingerprint density at radius 3 is 3.00 bits per heavy atom. The quantitative estimate of drug-likeness (QED) is 0.780. The Hall–Kier alpha value is -0.220. The average molecular weight is 228 g/mol. The normalized spacial score (nSPS) is 30.7. The van der Waals surface area contributed by atoms with Crippen molar-refractivity contribution in [3.8, 4) is 0 Å². The molecule has 0 aromatic carbocycles. The molecule has 2 saturated heterocycles. The Labute approximate surface area is 96.0 Å². The lowest BCUT2D eigenvalue weighted by molar-refractivity contribution is -0.132. The zero-order chi connectivity index (χ0) is 10.7. The van der Waals surface area contributed by atoms with E-state index in [0.29, 0.717) is 17.9 Å². The largest absolute Gasteiger partial charge is 0.342 e. The molecule has 3 nitrogen and oxygen atoms in total. The molecule has 2 unspecified atom stereocenters. The lowest BCUT2D eigenvalue weighted by atomic mass is 10.0. The van der Waals surface area contributed by atoms with E-state index in [1.807, 2.05) is 23.7 Å². The topological polar surface area (TPSA) is 32.3 Å². The highest BCUT2D eigenvalue weighted by atomic mass is 32.2. The first-order valence-corrected chi connectivity index (χ1v) is 6.97. The molecule has 1 amide bonds. The van der Waals surface area contributed by atoms with Gasteiger partial charge in [-0.05, 0) is 37.6 Å². The van der Waals surface area contributed by atoms with E-state index >= 15 is 0 Å². The molecule has 2 fully saturated rings. The number of carbonyl (C=O) groups is 1. The van der Waals surface area contributed by atoms with Gasteiger partial charge in [-0.25, -0.2) is 0 Å². The summed E-state index contributed by atoms with van der Waals surface area (Å²) in [4.78, 5) is 14.0. The fraction of sp³-hybridized carbons (Fsp3) is 0.909. The number of nitrogens with one attached hydrogen (secondary N) is 1. The number of rotatable bonds is 3. The first kappa shape index (κ1) is 11.3. The van der Waals surface area contributed by atoms with E-state index in [2.05, 4.69) is 5.32 Å². The molecule has 0 radical (unpaired) electrons. The van der Waals surface area contributed by atoms with Crippen molar-refractivity contribution < 1.29 is 4.79 Å². The zero-order valence-electron chi connectivity index (χ0n) is 9.37. The van der Waals surface area contributed by atoms with Gasteiger partial charge in [-0.3, -0.25) is 4.79 Å². The van der Waals surface area contributed by atoms with Crippen LogP contribution in [0.2, 0.25) is 0 Å². The minimum absolute atomic E-state index is 0.344. The SMILES string of the molecule is CN(C(=O)CC1CCNC1)C1CCSC1. The van der Waals surface area contributed by atoms with Crippen molar-refractivity contribution >= 4 is 17.7 Å². The third kappa shape index (κ3) is 2.88. The monoisotopic (exact) mass is 228 g/mol. The molecule has 0 bridgehead atoms. The maximum atomic E-state index is 12.0. The first-order valence-electron chi connectivity index (χ1n) is 5.81. The van der Waals surface area contributed by atoms with Gasteiger partial charge >= 0.3 is 0 Å². The minimum atomic E-state index is 0.344. The Morgan fingerprint density at radius 2 is 2.40 bits per heavy atom. The van der Waals surface area contributed by atoms with E-state index in [9.17, 15) is 4.79 Å². The van der Waals surface area contributed by atoms with Crippen LogP contribution in [-0.2, 0) is 4.79 Å². The van der Waals surface area contributed by atoms with Gasteiger partial charge in [0.1, 0.15) is 0 Å². The van der Waals surface area contributed by atoms with E-state index in [0.717, 1.165) is 25.3 Å². The predicted octanol–water partition coefficient (Wildman–Crippen LogP) is 0.950. The van der Waals surface area contributed by atoms with Crippen LogP contribution >= 0.6 is 11.8 Å². The van der Waals surface area contributed by atoms with Crippen LogP contribution in [0.4, 0.5) is 0 Å². The summed E-state index contributed by atoms with van der Waals surface area (Å²) in [5, 5.41) is 3.31. The maximum absolute atomic E-state index is 12.0. The summed E-state index contributed by atoms with van der Waals surface area (Å²) in [6, 6.07) is 0.497. The van der Waals surface area contributed by atoms with Crippen molar-refractivity contribution in [1.29, 1.82) is 0 Å². The van der Waals surface area contributed by atoms with Crippen molar-refractivity contribution in [2.24, 2.45) is 5.92 Å². The third-order valence-electron chi connectivity index (χ3n) is 3.47. The number of carbonyl (C=O) groups excluding carboxylic acids is 1. The summed E-state index contributed by atoms with van der Waals surface area (Å²) in [5.74, 6) is 3.27. The Bertz CT molecular complexity index is 223. The summed E-state index contributed by atoms with van der Waals surface area (Å²) in [5.41, 5.74) is 0. The van der Waals surface area contributed by atoms with E-state index < -0.39 is 0 Å². The maximum Gasteiger partial charge on any atom is 0.222 e. The van der Waals surface area contributed by atoms with Crippen LogP contribution in [0.15, 0.2) is 0 Å². The van der Waals surface area contributed by atoms with Crippen LogP contribution in [0.1, 0.15) is 19.3 Å². The summed E-state index contributed by atoms with van der Waals surface area (Å²) in [7, 11) is 1.97. The standard InChI is InChI=1S/C11H20N2OS/c1-13(10-3-5-15-8-10)11(14)6-9-2-4-12-7-9/h9-10,12H,2-8H2,1H3. The van der Waals surface area contributed by atoms with E-state index in [4.69, 9.17) is 0 Å². The molecule has 2 rings (SSSR count). The van der Waals surface area contributed by atoms with Gasteiger partial charge in [0.05, 0.1) is 0 Å². The highest BCUT2D eigenvalue weighted by Crippen LogP contribution is 2.23. The van der Waals surface area contributed by atoms with E-state index in [1.165, 1.54) is 18.6 Å². The molecule has 0 saturated carbocycles. The van der Waals surface area contributed by atoms with Crippen molar-refractivity contribution in [2.75, 3.05) is 31.6 Å². The van der Waals surface area contributed by atoms with Gasteiger partial charge in [0, 0.05) is 25.3 Å². The molecular weight excluding hydrogens is 208 g/mol. The van der Waals surface area contributed by atoms with Crippen LogP contribution in [-0.4, -0.2) is 48.5 Å². The molecule has 0 aromatic rings. The van der Waals surface area contributed by atoms with Crippen molar-refractivity contribution in [3.05, 3.63) is 0 Å². The molecule has 15 heavy (non-hydrogen) atoms. The van der Waals surface area contributed by atoms with Crippen molar-refractivity contribution in [2.45, 2.75) is 25.3 Å². The number of hydrogen-bond donors (Lipinski definition) is 1. The van der Waals surface area contributed by atoms with Gasteiger partial charge in [-0.15, -0.1) is 0 Å². The van der Waals surface area contributed by atoms with Gasteiger partial charge in [-0.1, -0.05) is 0 Å². The molecule has 0 aromatic heterocycles. The number of thioether (sulfide) groups is 1. The van der Waals surface area contributed by atoms with E-state index in [-0.39, 0.29) is 0 Å². The number of amides is 1. The van der Waals surface area contributed by atoms with Gasteiger partial charge in [0.2, 0.25) is 5.91 Å². The third-order valence-corrected chi connectivity index (χ3v) is 4.62. The molecule has 2 aliphatic rings.